The van der Waals surface area contributed by atoms with Crippen molar-refractivity contribution in [3.8, 4) is 0 Å². The van der Waals surface area contributed by atoms with Crippen molar-refractivity contribution >= 4 is 34.5 Å². The molecule has 2 heterocycles. The minimum absolute atomic E-state index is 0.0654. The van der Waals surface area contributed by atoms with Crippen LogP contribution in [0.3, 0.4) is 0 Å². The summed E-state index contributed by atoms with van der Waals surface area (Å²) < 4.78 is 0. The van der Waals surface area contributed by atoms with Gasteiger partial charge in [-0.3, -0.25) is 4.79 Å². The maximum atomic E-state index is 11.9. The molecule has 17 heavy (non-hydrogen) atoms. The summed E-state index contributed by atoms with van der Waals surface area (Å²) in [6.07, 6.45) is 0.747. The van der Waals surface area contributed by atoms with Gasteiger partial charge < -0.3 is 5.32 Å². The monoisotopic (exact) mass is 263 g/mol. The summed E-state index contributed by atoms with van der Waals surface area (Å²) in [4.78, 5) is 13.1. The van der Waals surface area contributed by atoms with Gasteiger partial charge in [0, 0.05) is 15.6 Å². The first-order valence-electron chi connectivity index (χ1n) is 5.37. The predicted molar refractivity (Wildman–Crippen MR) is 70.8 cm³/mol. The van der Waals surface area contributed by atoms with Gasteiger partial charge in [0.25, 0.3) is 0 Å². The smallest absolute Gasteiger partial charge is 0.232 e. The molecule has 86 valence electrons. The Morgan fingerprint density at radius 2 is 2.24 bits per heavy atom. The van der Waals surface area contributed by atoms with E-state index in [2.05, 4.69) is 11.4 Å². The summed E-state index contributed by atoms with van der Waals surface area (Å²) in [5.74, 6) is -0.0435. The third-order valence-corrected chi connectivity index (χ3v) is 4.08. The molecule has 0 saturated heterocycles. The Bertz CT molecular complexity index is 565. The van der Waals surface area contributed by atoms with Crippen LogP contribution in [0.15, 0.2) is 35.7 Å². The number of carbonyl (C=O) groups is 1. The summed E-state index contributed by atoms with van der Waals surface area (Å²) in [7, 11) is 0. The number of hydrogen-bond donors (Lipinski definition) is 1. The lowest BCUT2D eigenvalue weighted by Crippen LogP contribution is -2.13. The van der Waals surface area contributed by atoms with Gasteiger partial charge in [0.15, 0.2) is 0 Å². The molecule has 1 unspecified atom stereocenters. The van der Waals surface area contributed by atoms with Gasteiger partial charge in [-0.15, -0.1) is 11.3 Å². The van der Waals surface area contributed by atoms with Crippen molar-refractivity contribution in [2.75, 3.05) is 5.32 Å². The van der Waals surface area contributed by atoms with Crippen LogP contribution in [0.4, 0.5) is 5.69 Å². The van der Waals surface area contributed by atoms with Gasteiger partial charge in [-0.05, 0) is 41.6 Å². The second-order valence-corrected chi connectivity index (χ2v) is 5.53. The lowest BCUT2D eigenvalue weighted by atomic mass is 9.96. The van der Waals surface area contributed by atoms with E-state index in [-0.39, 0.29) is 11.8 Å². The van der Waals surface area contributed by atoms with Gasteiger partial charge in [0.2, 0.25) is 5.91 Å². The van der Waals surface area contributed by atoms with Gasteiger partial charge in [-0.1, -0.05) is 17.7 Å². The Labute approximate surface area is 108 Å². The molecule has 1 N–H and O–H groups in total. The van der Waals surface area contributed by atoms with E-state index >= 15 is 0 Å². The van der Waals surface area contributed by atoms with E-state index in [0.29, 0.717) is 5.02 Å². The molecule has 0 saturated carbocycles. The highest BCUT2D eigenvalue weighted by Crippen LogP contribution is 2.36. The minimum atomic E-state index is -0.109. The van der Waals surface area contributed by atoms with E-state index in [9.17, 15) is 4.79 Å². The highest BCUT2D eigenvalue weighted by Gasteiger charge is 2.30. The SMILES string of the molecule is O=C1Nc2ccc(Cl)cc2C1Cc1cccs1. The van der Waals surface area contributed by atoms with Crippen LogP contribution in [0.1, 0.15) is 16.4 Å². The largest absolute Gasteiger partial charge is 0.325 e. The molecule has 1 aromatic carbocycles. The Morgan fingerprint density at radius 1 is 1.35 bits per heavy atom. The van der Waals surface area contributed by atoms with E-state index in [0.717, 1.165) is 17.7 Å². The summed E-state index contributed by atoms with van der Waals surface area (Å²) in [6.45, 7) is 0. The average Bonchev–Trinajstić information content (AvgIpc) is 2.90. The highest BCUT2D eigenvalue weighted by atomic mass is 35.5. The third-order valence-electron chi connectivity index (χ3n) is 2.95. The summed E-state index contributed by atoms with van der Waals surface area (Å²) in [5.41, 5.74) is 1.90. The quantitative estimate of drug-likeness (QED) is 0.880. The fraction of sp³-hybridized carbons (Fsp3) is 0.154. The first-order valence-corrected chi connectivity index (χ1v) is 6.62. The van der Waals surface area contributed by atoms with Crippen LogP contribution < -0.4 is 5.32 Å². The summed E-state index contributed by atoms with van der Waals surface area (Å²) in [5, 5.41) is 5.60. The van der Waals surface area contributed by atoms with Crippen LogP contribution in [0.2, 0.25) is 5.02 Å². The first kappa shape index (κ1) is 10.8. The molecule has 0 radical (unpaired) electrons. The van der Waals surface area contributed by atoms with Gasteiger partial charge >= 0.3 is 0 Å². The second kappa shape index (κ2) is 4.17. The Balaban J connectivity index is 1.96. The Morgan fingerprint density at radius 3 is 3.00 bits per heavy atom. The zero-order valence-electron chi connectivity index (χ0n) is 8.94. The fourth-order valence-electron chi connectivity index (χ4n) is 2.13. The summed E-state index contributed by atoms with van der Waals surface area (Å²) >= 11 is 7.66. The molecule has 1 aromatic heterocycles. The second-order valence-electron chi connectivity index (χ2n) is 4.06. The molecule has 0 fully saturated rings. The number of nitrogens with one attached hydrogen (secondary N) is 1. The molecule has 4 heteroatoms. The average molecular weight is 264 g/mol. The molecule has 2 nitrogen and oxygen atoms in total. The minimum Gasteiger partial charge on any atom is -0.325 e. The molecule has 0 bridgehead atoms. The molecule has 0 aliphatic carbocycles. The molecule has 2 aromatic rings. The normalized spacial score (nSPS) is 17.9. The molecule has 1 aliphatic heterocycles. The van der Waals surface area contributed by atoms with E-state index < -0.39 is 0 Å². The van der Waals surface area contributed by atoms with Crippen molar-refractivity contribution < 1.29 is 4.79 Å². The third kappa shape index (κ3) is 1.96. The number of amides is 1. The Kier molecular flexibility index (Phi) is 2.65. The number of halogens is 1. The van der Waals surface area contributed by atoms with Crippen LogP contribution in [0, 0.1) is 0 Å². The van der Waals surface area contributed by atoms with Crippen LogP contribution in [-0.2, 0) is 11.2 Å². The number of hydrogen-bond acceptors (Lipinski definition) is 2. The number of thiophene rings is 1. The van der Waals surface area contributed by atoms with Crippen LogP contribution in [0.5, 0.6) is 0 Å². The number of rotatable bonds is 2. The fourth-order valence-corrected chi connectivity index (χ4v) is 3.06. The van der Waals surface area contributed by atoms with Crippen molar-refractivity contribution in [1.29, 1.82) is 0 Å². The van der Waals surface area contributed by atoms with Crippen molar-refractivity contribution in [1.82, 2.24) is 0 Å². The van der Waals surface area contributed by atoms with Crippen LogP contribution >= 0.6 is 22.9 Å². The number of fused-ring (bicyclic) bond motifs is 1. The molecule has 1 atom stereocenters. The van der Waals surface area contributed by atoms with Crippen molar-refractivity contribution in [3.05, 3.63) is 51.2 Å². The lowest BCUT2D eigenvalue weighted by molar-refractivity contribution is -0.117. The number of benzene rings is 1. The molecular formula is C13H10ClNOS. The van der Waals surface area contributed by atoms with Crippen molar-refractivity contribution in [3.63, 3.8) is 0 Å². The first-order chi connectivity index (χ1) is 8.24. The highest BCUT2D eigenvalue weighted by molar-refractivity contribution is 7.09. The van der Waals surface area contributed by atoms with Gasteiger partial charge in [0.05, 0.1) is 5.92 Å². The lowest BCUT2D eigenvalue weighted by Gasteiger charge is -2.07. The maximum Gasteiger partial charge on any atom is 0.232 e. The van der Waals surface area contributed by atoms with Gasteiger partial charge in [-0.25, -0.2) is 0 Å². The summed E-state index contributed by atoms with van der Waals surface area (Å²) in [6, 6.07) is 9.61. The zero-order chi connectivity index (χ0) is 11.8. The van der Waals surface area contributed by atoms with Crippen molar-refractivity contribution in [2.24, 2.45) is 0 Å². The van der Waals surface area contributed by atoms with Crippen molar-refractivity contribution in [2.45, 2.75) is 12.3 Å². The molecule has 1 aliphatic rings. The van der Waals surface area contributed by atoms with Gasteiger partial charge in [-0.2, -0.15) is 0 Å². The van der Waals surface area contributed by atoms with Crippen LogP contribution in [-0.4, -0.2) is 5.91 Å². The maximum absolute atomic E-state index is 11.9. The molecular weight excluding hydrogens is 254 g/mol. The predicted octanol–water partition coefficient (Wildman–Crippen LogP) is 3.68. The van der Waals surface area contributed by atoms with Gasteiger partial charge in [0.1, 0.15) is 0 Å². The number of carbonyl (C=O) groups excluding carboxylic acids is 1. The topological polar surface area (TPSA) is 29.1 Å². The van der Waals surface area contributed by atoms with Crippen LogP contribution in [0.25, 0.3) is 0 Å². The van der Waals surface area contributed by atoms with E-state index in [1.54, 1.807) is 17.4 Å². The van der Waals surface area contributed by atoms with E-state index in [1.165, 1.54) is 4.88 Å². The van der Waals surface area contributed by atoms with E-state index in [1.807, 2.05) is 23.6 Å². The number of anilines is 1. The molecule has 1 amide bonds. The Hall–Kier alpha value is -1.32. The standard InChI is InChI=1S/C13H10ClNOS/c14-8-3-4-12-10(6-8)11(13(16)15-12)7-9-2-1-5-17-9/h1-6,11H,7H2,(H,15,16). The molecule has 0 spiro atoms. The zero-order valence-corrected chi connectivity index (χ0v) is 10.5. The van der Waals surface area contributed by atoms with E-state index in [4.69, 9.17) is 11.6 Å². The molecule has 3 rings (SSSR count).